The topological polar surface area (TPSA) is 21.3 Å². The molecule has 2 heteroatoms. The highest BCUT2D eigenvalue weighted by Gasteiger charge is 2.24. The van der Waals surface area contributed by atoms with E-state index in [1.807, 2.05) is 0 Å². The van der Waals surface area contributed by atoms with Crippen molar-refractivity contribution in [1.82, 2.24) is 5.32 Å². The van der Waals surface area contributed by atoms with E-state index in [9.17, 15) is 0 Å². The molecule has 0 radical (unpaired) electrons. The maximum Gasteiger partial charge on any atom is 0.127 e. The van der Waals surface area contributed by atoms with Gasteiger partial charge in [-0.2, -0.15) is 0 Å². The Morgan fingerprint density at radius 2 is 2.00 bits per heavy atom. The zero-order valence-electron chi connectivity index (χ0n) is 12.7. The van der Waals surface area contributed by atoms with Gasteiger partial charge in [0, 0.05) is 18.0 Å². The summed E-state index contributed by atoms with van der Waals surface area (Å²) in [6.07, 6.45) is 10.9. The van der Waals surface area contributed by atoms with Gasteiger partial charge in [-0.25, -0.2) is 0 Å². The van der Waals surface area contributed by atoms with Gasteiger partial charge < -0.3 is 10.1 Å². The molecule has 3 rings (SSSR count). The molecule has 1 aromatic carbocycles. The summed E-state index contributed by atoms with van der Waals surface area (Å²) in [6.45, 7) is 0.853. The van der Waals surface area contributed by atoms with Crippen LogP contribution in [-0.2, 0) is 6.42 Å². The van der Waals surface area contributed by atoms with Crippen LogP contribution in [0.5, 0.6) is 5.75 Å². The molecule has 1 fully saturated rings. The highest BCUT2D eigenvalue weighted by molar-refractivity contribution is 5.45. The number of benzene rings is 1. The van der Waals surface area contributed by atoms with Gasteiger partial charge in [-0.05, 0) is 24.9 Å². The molecule has 110 valence electrons. The Morgan fingerprint density at radius 3 is 2.75 bits per heavy atom. The maximum atomic E-state index is 5.89. The first kappa shape index (κ1) is 13.9. The summed E-state index contributed by atoms with van der Waals surface area (Å²) in [5.74, 6) is 2.05. The SMILES string of the molecule is CNC(CC1CCCCCC1)c1cccc2c1OCC2. The van der Waals surface area contributed by atoms with Crippen LogP contribution < -0.4 is 10.1 Å². The zero-order valence-corrected chi connectivity index (χ0v) is 12.7. The lowest BCUT2D eigenvalue weighted by Crippen LogP contribution is -2.20. The second-order valence-electron chi connectivity index (χ2n) is 6.37. The van der Waals surface area contributed by atoms with E-state index in [4.69, 9.17) is 4.74 Å². The zero-order chi connectivity index (χ0) is 13.8. The van der Waals surface area contributed by atoms with Crippen LogP contribution >= 0.6 is 0 Å². The van der Waals surface area contributed by atoms with E-state index < -0.39 is 0 Å². The van der Waals surface area contributed by atoms with Gasteiger partial charge in [0.05, 0.1) is 6.61 Å². The smallest absolute Gasteiger partial charge is 0.127 e. The van der Waals surface area contributed by atoms with Crippen molar-refractivity contribution in [3.63, 3.8) is 0 Å². The molecule has 1 saturated carbocycles. The largest absolute Gasteiger partial charge is 0.493 e. The number of para-hydroxylation sites is 1. The third kappa shape index (κ3) is 3.01. The highest BCUT2D eigenvalue weighted by Crippen LogP contribution is 2.37. The van der Waals surface area contributed by atoms with E-state index in [1.54, 1.807) is 0 Å². The Labute approximate surface area is 122 Å². The van der Waals surface area contributed by atoms with Crippen molar-refractivity contribution in [2.24, 2.45) is 5.92 Å². The number of fused-ring (bicyclic) bond motifs is 1. The molecule has 1 N–H and O–H groups in total. The van der Waals surface area contributed by atoms with E-state index in [2.05, 4.69) is 30.6 Å². The van der Waals surface area contributed by atoms with Crippen LogP contribution in [0, 0.1) is 5.92 Å². The lowest BCUT2D eigenvalue weighted by molar-refractivity contribution is 0.333. The molecule has 0 spiro atoms. The van der Waals surface area contributed by atoms with Gasteiger partial charge in [0.2, 0.25) is 0 Å². The minimum Gasteiger partial charge on any atom is -0.493 e. The molecule has 1 aromatic rings. The van der Waals surface area contributed by atoms with Gasteiger partial charge in [0.1, 0.15) is 5.75 Å². The van der Waals surface area contributed by atoms with Crippen molar-refractivity contribution in [3.8, 4) is 5.75 Å². The number of rotatable bonds is 4. The van der Waals surface area contributed by atoms with Crippen molar-refractivity contribution in [1.29, 1.82) is 0 Å². The summed E-state index contributed by atoms with van der Waals surface area (Å²) in [7, 11) is 2.09. The Kier molecular flexibility index (Phi) is 4.62. The molecule has 1 atom stereocenters. The van der Waals surface area contributed by atoms with Crippen LogP contribution in [0.3, 0.4) is 0 Å². The van der Waals surface area contributed by atoms with Crippen LogP contribution in [-0.4, -0.2) is 13.7 Å². The summed E-state index contributed by atoms with van der Waals surface area (Å²) in [6, 6.07) is 7.11. The summed E-state index contributed by atoms with van der Waals surface area (Å²) in [5, 5.41) is 3.54. The molecule has 1 aliphatic heterocycles. The molecule has 0 bridgehead atoms. The third-order valence-electron chi connectivity index (χ3n) is 5.01. The lowest BCUT2D eigenvalue weighted by Gasteiger charge is -2.24. The molecule has 2 aliphatic rings. The number of hydrogen-bond donors (Lipinski definition) is 1. The maximum absolute atomic E-state index is 5.89. The van der Waals surface area contributed by atoms with Crippen LogP contribution in [0.2, 0.25) is 0 Å². The standard InChI is InChI=1S/C18H27NO/c1-19-17(13-14-7-4-2-3-5-8-14)16-10-6-9-15-11-12-20-18(15)16/h6,9-10,14,17,19H,2-5,7-8,11-13H2,1H3. The van der Waals surface area contributed by atoms with Crippen molar-refractivity contribution in [3.05, 3.63) is 29.3 Å². The Morgan fingerprint density at radius 1 is 1.20 bits per heavy atom. The molecular formula is C18H27NO. The lowest BCUT2D eigenvalue weighted by atomic mass is 9.88. The molecule has 1 heterocycles. The van der Waals surface area contributed by atoms with Gasteiger partial charge in [-0.3, -0.25) is 0 Å². The van der Waals surface area contributed by atoms with Gasteiger partial charge in [0.25, 0.3) is 0 Å². The third-order valence-corrected chi connectivity index (χ3v) is 5.01. The fraction of sp³-hybridized carbons (Fsp3) is 0.667. The van der Waals surface area contributed by atoms with Gasteiger partial charge >= 0.3 is 0 Å². The second kappa shape index (κ2) is 6.62. The van der Waals surface area contributed by atoms with Crippen molar-refractivity contribution < 1.29 is 4.74 Å². The van der Waals surface area contributed by atoms with E-state index >= 15 is 0 Å². The molecule has 20 heavy (non-hydrogen) atoms. The molecule has 0 aromatic heterocycles. The van der Waals surface area contributed by atoms with Gasteiger partial charge in [-0.15, -0.1) is 0 Å². The summed E-state index contributed by atoms with van der Waals surface area (Å²) < 4.78 is 5.89. The molecule has 0 saturated heterocycles. The van der Waals surface area contributed by atoms with E-state index in [0.717, 1.165) is 18.9 Å². The predicted molar refractivity (Wildman–Crippen MR) is 83.3 cm³/mol. The van der Waals surface area contributed by atoms with E-state index in [1.165, 1.54) is 61.8 Å². The van der Waals surface area contributed by atoms with Crippen LogP contribution in [0.1, 0.15) is 62.1 Å². The molecule has 1 aliphatic carbocycles. The fourth-order valence-corrected chi connectivity index (χ4v) is 3.85. The second-order valence-corrected chi connectivity index (χ2v) is 6.37. The minimum absolute atomic E-state index is 0.450. The fourth-order valence-electron chi connectivity index (χ4n) is 3.85. The highest BCUT2D eigenvalue weighted by atomic mass is 16.5. The Balaban J connectivity index is 1.74. The average molecular weight is 273 g/mol. The number of ether oxygens (including phenoxy) is 1. The monoisotopic (exact) mass is 273 g/mol. The van der Waals surface area contributed by atoms with Crippen molar-refractivity contribution in [2.45, 2.75) is 57.4 Å². The quantitative estimate of drug-likeness (QED) is 0.828. The molecule has 1 unspecified atom stereocenters. The van der Waals surface area contributed by atoms with E-state index in [0.29, 0.717) is 6.04 Å². The number of nitrogens with one attached hydrogen (secondary N) is 1. The van der Waals surface area contributed by atoms with E-state index in [-0.39, 0.29) is 0 Å². The van der Waals surface area contributed by atoms with Gasteiger partial charge in [-0.1, -0.05) is 56.7 Å². The summed E-state index contributed by atoms with van der Waals surface area (Å²) in [4.78, 5) is 0. The van der Waals surface area contributed by atoms with Crippen LogP contribution in [0.4, 0.5) is 0 Å². The summed E-state index contributed by atoms with van der Waals surface area (Å²) >= 11 is 0. The van der Waals surface area contributed by atoms with Crippen LogP contribution in [0.15, 0.2) is 18.2 Å². The Bertz CT molecular complexity index is 435. The van der Waals surface area contributed by atoms with Gasteiger partial charge in [0.15, 0.2) is 0 Å². The first-order valence-corrected chi connectivity index (χ1v) is 8.30. The molecule has 2 nitrogen and oxygen atoms in total. The van der Waals surface area contributed by atoms with Crippen molar-refractivity contribution >= 4 is 0 Å². The molecule has 0 amide bonds. The van der Waals surface area contributed by atoms with Crippen molar-refractivity contribution in [2.75, 3.05) is 13.7 Å². The summed E-state index contributed by atoms with van der Waals surface area (Å²) in [5.41, 5.74) is 2.77. The minimum atomic E-state index is 0.450. The van der Waals surface area contributed by atoms with Crippen LogP contribution in [0.25, 0.3) is 0 Å². The predicted octanol–water partition coefficient (Wildman–Crippen LogP) is 4.24. The molecular weight excluding hydrogens is 246 g/mol. The Hall–Kier alpha value is -1.02. The number of hydrogen-bond acceptors (Lipinski definition) is 2. The first-order valence-electron chi connectivity index (χ1n) is 8.30. The normalized spacial score (nSPS) is 21.1. The average Bonchev–Trinajstić information content (AvgIpc) is 2.81. The first-order chi connectivity index (χ1) is 9.88.